The monoisotopic (exact) mass is 440 g/mol. The van der Waals surface area contributed by atoms with E-state index in [1.165, 1.54) is 10.5 Å². The summed E-state index contributed by atoms with van der Waals surface area (Å²) in [5.74, 6) is -0.815. The van der Waals surface area contributed by atoms with Crippen LogP contribution >= 0.6 is 0 Å². The van der Waals surface area contributed by atoms with Gasteiger partial charge in [-0.3, -0.25) is 0 Å². The number of anilines is 1. The fourth-order valence-electron chi connectivity index (χ4n) is 2.91. The highest BCUT2D eigenvalue weighted by Gasteiger charge is 2.21. The predicted octanol–water partition coefficient (Wildman–Crippen LogP) is 3.06. The second kappa shape index (κ2) is 9.67. The second-order valence-corrected chi connectivity index (χ2v) is 9.19. The molecule has 0 saturated heterocycles. The van der Waals surface area contributed by atoms with E-state index in [1.807, 2.05) is 61.5 Å². The van der Waals surface area contributed by atoms with E-state index in [9.17, 15) is 18.3 Å². The third-order valence-electron chi connectivity index (χ3n) is 4.64. The van der Waals surface area contributed by atoms with Gasteiger partial charge >= 0.3 is 5.97 Å². The molecule has 0 aliphatic rings. The normalized spacial score (nSPS) is 11.5. The van der Waals surface area contributed by atoms with Crippen molar-refractivity contribution in [2.24, 2.45) is 0 Å². The minimum atomic E-state index is -3.55. The van der Waals surface area contributed by atoms with Crippen molar-refractivity contribution in [3.63, 3.8) is 0 Å². The van der Waals surface area contributed by atoms with Crippen LogP contribution in [0.1, 0.15) is 32.9 Å². The number of nitrogens with one attached hydrogen (secondary N) is 1. The van der Waals surface area contributed by atoms with Crippen molar-refractivity contribution in [2.45, 2.75) is 26.6 Å². The molecule has 0 radical (unpaired) electrons. The van der Waals surface area contributed by atoms with Gasteiger partial charge in [-0.1, -0.05) is 60.2 Å². The van der Waals surface area contributed by atoms with Crippen LogP contribution in [0.15, 0.2) is 60.8 Å². The molecule has 162 valence electrons. The van der Waals surface area contributed by atoms with Crippen LogP contribution in [0.3, 0.4) is 0 Å². The molecular formula is C22H24N4O4S. The summed E-state index contributed by atoms with van der Waals surface area (Å²) in [5, 5.41) is 12.5. The predicted molar refractivity (Wildman–Crippen MR) is 118 cm³/mol. The minimum absolute atomic E-state index is 0.0768. The van der Waals surface area contributed by atoms with Crippen molar-refractivity contribution in [3.8, 4) is 0 Å². The molecule has 31 heavy (non-hydrogen) atoms. The molecule has 0 saturated carbocycles. The summed E-state index contributed by atoms with van der Waals surface area (Å²) in [6, 6.07) is 17.0. The Morgan fingerprint density at radius 2 is 1.71 bits per heavy atom. The molecule has 0 aliphatic carbocycles. The fourth-order valence-corrected chi connectivity index (χ4v) is 3.65. The van der Waals surface area contributed by atoms with Gasteiger partial charge in [-0.2, -0.15) is 4.31 Å². The molecule has 1 heterocycles. The molecule has 0 atom stereocenters. The third-order valence-corrected chi connectivity index (χ3v) is 5.83. The molecule has 0 spiro atoms. The SMILES string of the molecule is Cc1ccc(CN(Cc2ncc(C(=O)O)c(NCc3ccccc3)n2)S(C)(=O)=O)cc1. The zero-order valence-electron chi connectivity index (χ0n) is 17.3. The Hall–Kier alpha value is -3.30. The number of carboxylic acids is 1. The number of carbonyl (C=O) groups is 1. The zero-order chi connectivity index (χ0) is 22.4. The number of aryl methyl sites for hydroxylation is 1. The first-order valence-electron chi connectivity index (χ1n) is 9.60. The van der Waals surface area contributed by atoms with Crippen LogP contribution < -0.4 is 5.32 Å². The Morgan fingerprint density at radius 3 is 2.32 bits per heavy atom. The largest absolute Gasteiger partial charge is 0.477 e. The highest BCUT2D eigenvalue weighted by Crippen LogP contribution is 2.17. The van der Waals surface area contributed by atoms with E-state index < -0.39 is 16.0 Å². The molecule has 1 aromatic heterocycles. The van der Waals surface area contributed by atoms with Crippen molar-refractivity contribution in [3.05, 3.63) is 88.9 Å². The number of aromatic carboxylic acids is 1. The first-order valence-corrected chi connectivity index (χ1v) is 11.4. The lowest BCUT2D eigenvalue weighted by molar-refractivity contribution is 0.0697. The highest BCUT2D eigenvalue weighted by molar-refractivity contribution is 7.88. The molecule has 0 aliphatic heterocycles. The number of hydrogen-bond acceptors (Lipinski definition) is 6. The van der Waals surface area contributed by atoms with E-state index >= 15 is 0 Å². The first kappa shape index (κ1) is 22.4. The number of nitrogens with zero attached hydrogens (tertiary/aromatic N) is 3. The number of carboxylic acid groups (broad SMARTS) is 1. The van der Waals surface area contributed by atoms with Gasteiger partial charge in [0.15, 0.2) is 0 Å². The first-order chi connectivity index (χ1) is 14.7. The standard InChI is InChI=1S/C22H24N4O4S/c1-16-8-10-18(11-9-16)14-26(31(2,29)30)15-20-23-13-19(22(27)28)21(25-20)24-12-17-6-4-3-5-7-17/h3-11,13H,12,14-15H2,1-2H3,(H,27,28)(H,23,24,25). The van der Waals surface area contributed by atoms with E-state index in [0.717, 1.165) is 22.9 Å². The summed E-state index contributed by atoms with van der Waals surface area (Å²) < 4.78 is 25.9. The fraction of sp³-hybridized carbons (Fsp3) is 0.227. The molecule has 9 heteroatoms. The summed E-state index contributed by atoms with van der Waals surface area (Å²) in [7, 11) is -3.55. The lowest BCUT2D eigenvalue weighted by Gasteiger charge is -2.20. The van der Waals surface area contributed by atoms with Crippen molar-refractivity contribution >= 4 is 21.8 Å². The average Bonchev–Trinajstić information content (AvgIpc) is 2.73. The minimum Gasteiger partial charge on any atom is -0.477 e. The lowest BCUT2D eigenvalue weighted by atomic mass is 10.1. The van der Waals surface area contributed by atoms with E-state index in [2.05, 4.69) is 15.3 Å². The van der Waals surface area contributed by atoms with Gasteiger partial charge in [0.25, 0.3) is 0 Å². The Kier molecular flexibility index (Phi) is 6.98. The molecule has 3 aromatic rings. The number of benzene rings is 2. The quantitative estimate of drug-likeness (QED) is 0.526. The van der Waals surface area contributed by atoms with E-state index in [4.69, 9.17) is 0 Å². The molecule has 0 unspecified atom stereocenters. The lowest BCUT2D eigenvalue weighted by Crippen LogP contribution is -2.30. The van der Waals surface area contributed by atoms with Gasteiger partial charge in [0.2, 0.25) is 10.0 Å². The molecular weight excluding hydrogens is 416 g/mol. The third kappa shape index (κ3) is 6.34. The second-order valence-electron chi connectivity index (χ2n) is 7.21. The number of aromatic nitrogens is 2. The summed E-state index contributed by atoms with van der Waals surface area (Å²) in [6.07, 6.45) is 2.33. The van der Waals surface area contributed by atoms with Gasteiger partial charge in [0.05, 0.1) is 12.8 Å². The number of sulfonamides is 1. The summed E-state index contributed by atoms with van der Waals surface area (Å²) >= 11 is 0. The Morgan fingerprint density at radius 1 is 1.03 bits per heavy atom. The van der Waals surface area contributed by atoms with Crippen LogP contribution in [-0.2, 0) is 29.7 Å². The Bertz CT molecular complexity index is 1150. The van der Waals surface area contributed by atoms with Gasteiger partial charge in [-0.15, -0.1) is 0 Å². The smallest absolute Gasteiger partial charge is 0.341 e. The van der Waals surface area contributed by atoms with Crippen LogP contribution in [0.4, 0.5) is 5.82 Å². The van der Waals surface area contributed by atoms with Gasteiger partial charge in [0.1, 0.15) is 17.2 Å². The maximum absolute atomic E-state index is 12.3. The van der Waals surface area contributed by atoms with Crippen LogP contribution in [0.2, 0.25) is 0 Å². The maximum Gasteiger partial charge on any atom is 0.341 e. The number of hydrogen-bond donors (Lipinski definition) is 2. The molecule has 2 aromatic carbocycles. The van der Waals surface area contributed by atoms with Gasteiger partial charge < -0.3 is 10.4 Å². The molecule has 8 nitrogen and oxygen atoms in total. The molecule has 3 rings (SSSR count). The number of rotatable bonds is 9. The van der Waals surface area contributed by atoms with Crippen LogP contribution in [0.25, 0.3) is 0 Å². The summed E-state index contributed by atoms with van der Waals surface area (Å²) in [4.78, 5) is 20.0. The van der Waals surface area contributed by atoms with Crippen LogP contribution in [-0.4, -0.2) is 40.0 Å². The van der Waals surface area contributed by atoms with Crippen molar-refractivity contribution < 1.29 is 18.3 Å². The Labute approximate surface area is 181 Å². The van der Waals surface area contributed by atoms with E-state index in [0.29, 0.717) is 6.54 Å². The van der Waals surface area contributed by atoms with Gasteiger partial charge in [-0.25, -0.2) is 23.2 Å². The van der Waals surface area contributed by atoms with E-state index in [1.54, 1.807) is 0 Å². The molecule has 2 N–H and O–H groups in total. The summed E-state index contributed by atoms with van der Waals surface area (Å²) in [6.45, 7) is 2.42. The van der Waals surface area contributed by atoms with Crippen molar-refractivity contribution in [1.29, 1.82) is 0 Å². The van der Waals surface area contributed by atoms with Gasteiger partial charge in [-0.05, 0) is 18.1 Å². The average molecular weight is 441 g/mol. The maximum atomic E-state index is 12.3. The Balaban J connectivity index is 1.83. The van der Waals surface area contributed by atoms with E-state index in [-0.39, 0.29) is 30.3 Å². The van der Waals surface area contributed by atoms with Crippen molar-refractivity contribution in [1.82, 2.24) is 14.3 Å². The van der Waals surface area contributed by atoms with Crippen molar-refractivity contribution in [2.75, 3.05) is 11.6 Å². The molecule has 0 amide bonds. The molecule has 0 bridgehead atoms. The highest BCUT2D eigenvalue weighted by atomic mass is 32.2. The van der Waals surface area contributed by atoms with Gasteiger partial charge in [0, 0.05) is 19.3 Å². The van der Waals surface area contributed by atoms with Crippen LogP contribution in [0, 0.1) is 6.92 Å². The van der Waals surface area contributed by atoms with Crippen LogP contribution in [0.5, 0.6) is 0 Å². The molecule has 0 fully saturated rings. The topological polar surface area (TPSA) is 112 Å². The zero-order valence-corrected chi connectivity index (χ0v) is 18.1. The summed E-state index contributed by atoms with van der Waals surface area (Å²) in [5.41, 5.74) is 2.79.